The van der Waals surface area contributed by atoms with Gasteiger partial charge < -0.3 is 9.64 Å². The fourth-order valence-electron chi connectivity index (χ4n) is 2.92. The number of hydrogen-bond acceptors (Lipinski definition) is 5. The van der Waals surface area contributed by atoms with Crippen molar-refractivity contribution in [3.63, 3.8) is 0 Å². The molecule has 27 heavy (non-hydrogen) atoms. The standard InChI is InChI=1S/C21H21FN2O2S/c1-3-27-21-23-19(20(25)26-2)18(14-9-15-7-5-4-6-8-15)24(21)17-12-10-16(22)11-13-17/h4-14,18-19H,3H2,1-2H3/b14-9+/t18-,19+/m1/s1. The number of nitrogens with zero attached hydrogens (tertiary/aromatic N) is 2. The van der Waals surface area contributed by atoms with Crippen LogP contribution in [0.3, 0.4) is 0 Å². The van der Waals surface area contributed by atoms with E-state index in [0.717, 1.165) is 22.2 Å². The van der Waals surface area contributed by atoms with Crippen molar-refractivity contribution in [2.45, 2.75) is 19.0 Å². The number of ether oxygens (including phenoxy) is 1. The van der Waals surface area contributed by atoms with Crippen molar-refractivity contribution in [2.24, 2.45) is 4.99 Å². The molecule has 0 saturated heterocycles. The van der Waals surface area contributed by atoms with E-state index in [9.17, 15) is 9.18 Å². The first kappa shape index (κ1) is 19.2. The largest absolute Gasteiger partial charge is 0.467 e. The molecular formula is C21H21FN2O2S. The lowest BCUT2D eigenvalue weighted by molar-refractivity contribution is -0.142. The quantitative estimate of drug-likeness (QED) is 0.718. The van der Waals surface area contributed by atoms with Crippen molar-refractivity contribution < 1.29 is 13.9 Å². The lowest BCUT2D eigenvalue weighted by Crippen LogP contribution is -2.41. The number of aliphatic imine (C=N–C) groups is 1. The fourth-order valence-corrected chi connectivity index (χ4v) is 3.74. The van der Waals surface area contributed by atoms with Gasteiger partial charge in [-0.15, -0.1) is 0 Å². The second kappa shape index (κ2) is 8.86. The molecule has 1 aliphatic rings. The molecule has 1 heterocycles. The summed E-state index contributed by atoms with van der Waals surface area (Å²) in [5.74, 6) is 0.108. The Balaban J connectivity index is 2.00. The smallest absolute Gasteiger partial charge is 0.333 e. The number of carbonyl (C=O) groups excluding carboxylic acids is 1. The first-order valence-corrected chi connectivity index (χ1v) is 9.69. The summed E-state index contributed by atoms with van der Waals surface area (Å²) in [4.78, 5) is 18.9. The van der Waals surface area contributed by atoms with Gasteiger partial charge in [0.25, 0.3) is 0 Å². The molecule has 1 aliphatic heterocycles. The zero-order valence-electron chi connectivity index (χ0n) is 15.2. The molecule has 2 atom stereocenters. The number of halogens is 1. The third kappa shape index (κ3) is 4.39. The highest BCUT2D eigenvalue weighted by molar-refractivity contribution is 8.14. The summed E-state index contributed by atoms with van der Waals surface area (Å²) in [5.41, 5.74) is 1.81. The number of thioether (sulfide) groups is 1. The number of amidine groups is 1. The molecule has 0 unspecified atom stereocenters. The highest BCUT2D eigenvalue weighted by atomic mass is 32.2. The number of methoxy groups -OCH3 is 1. The Morgan fingerprint density at radius 1 is 1.22 bits per heavy atom. The lowest BCUT2D eigenvalue weighted by atomic mass is 10.1. The lowest BCUT2D eigenvalue weighted by Gasteiger charge is -2.27. The maximum atomic E-state index is 13.4. The normalized spacial score (nSPS) is 19.4. The maximum absolute atomic E-state index is 13.4. The van der Waals surface area contributed by atoms with Gasteiger partial charge in [-0.3, -0.25) is 0 Å². The molecule has 0 radical (unpaired) electrons. The minimum Gasteiger partial charge on any atom is -0.467 e. The summed E-state index contributed by atoms with van der Waals surface area (Å²) in [6, 6.07) is 15.0. The minimum atomic E-state index is -0.672. The predicted octanol–water partition coefficient (Wildman–Crippen LogP) is 4.38. The Kier molecular flexibility index (Phi) is 6.29. The van der Waals surface area contributed by atoms with E-state index in [1.807, 2.05) is 54.3 Å². The molecule has 0 fully saturated rings. The number of rotatable bonds is 5. The van der Waals surface area contributed by atoms with Crippen molar-refractivity contribution >= 4 is 34.7 Å². The summed E-state index contributed by atoms with van der Waals surface area (Å²) < 4.78 is 18.4. The van der Waals surface area contributed by atoms with E-state index in [2.05, 4.69) is 4.99 Å². The topological polar surface area (TPSA) is 41.9 Å². The highest BCUT2D eigenvalue weighted by Gasteiger charge is 2.40. The Morgan fingerprint density at radius 3 is 2.56 bits per heavy atom. The monoisotopic (exact) mass is 384 g/mol. The third-order valence-electron chi connectivity index (χ3n) is 4.18. The Labute approximate surface area is 162 Å². The summed E-state index contributed by atoms with van der Waals surface area (Å²) in [7, 11) is 1.36. The summed E-state index contributed by atoms with van der Waals surface area (Å²) in [5, 5.41) is 0.724. The molecule has 0 N–H and O–H groups in total. The predicted molar refractivity (Wildman–Crippen MR) is 110 cm³/mol. The average molecular weight is 384 g/mol. The SMILES string of the molecule is CCSC1=N[C@H](C(=O)OC)[C@@H](/C=C/c2ccccc2)N1c1ccc(F)cc1. The third-order valence-corrected chi connectivity index (χ3v) is 5.03. The molecule has 3 rings (SSSR count). The van der Waals surface area contributed by atoms with Gasteiger partial charge in [0.2, 0.25) is 0 Å². The van der Waals surface area contributed by atoms with Gasteiger partial charge >= 0.3 is 5.97 Å². The molecule has 0 bridgehead atoms. The zero-order valence-corrected chi connectivity index (χ0v) is 16.0. The molecule has 140 valence electrons. The van der Waals surface area contributed by atoms with Crippen LogP contribution in [-0.2, 0) is 9.53 Å². The van der Waals surface area contributed by atoms with Crippen LogP contribution in [0, 0.1) is 5.82 Å². The van der Waals surface area contributed by atoms with E-state index in [0.29, 0.717) is 0 Å². The average Bonchev–Trinajstić information content (AvgIpc) is 3.05. The van der Waals surface area contributed by atoms with E-state index in [1.165, 1.54) is 19.2 Å². The van der Waals surface area contributed by atoms with Gasteiger partial charge in [0.1, 0.15) is 5.82 Å². The molecule has 2 aromatic carbocycles. The van der Waals surface area contributed by atoms with Gasteiger partial charge in [-0.2, -0.15) is 0 Å². The van der Waals surface area contributed by atoms with Crippen LogP contribution in [0.4, 0.5) is 10.1 Å². The van der Waals surface area contributed by atoms with Crippen LogP contribution in [-0.4, -0.2) is 36.1 Å². The molecule has 0 amide bonds. The van der Waals surface area contributed by atoms with E-state index >= 15 is 0 Å². The van der Waals surface area contributed by atoms with Crippen molar-refractivity contribution in [2.75, 3.05) is 17.8 Å². The Morgan fingerprint density at radius 2 is 1.93 bits per heavy atom. The van der Waals surface area contributed by atoms with Gasteiger partial charge in [-0.05, 0) is 35.6 Å². The van der Waals surface area contributed by atoms with Crippen LogP contribution in [0.1, 0.15) is 12.5 Å². The highest BCUT2D eigenvalue weighted by Crippen LogP contribution is 2.32. The van der Waals surface area contributed by atoms with Crippen LogP contribution in [0.25, 0.3) is 6.08 Å². The Bertz CT molecular complexity index is 837. The van der Waals surface area contributed by atoms with Crippen molar-refractivity contribution in [3.8, 4) is 0 Å². The molecule has 0 aliphatic carbocycles. The zero-order chi connectivity index (χ0) is 19.2. The molecule has 4 nitrogen and oxygen atoms in total. The molecule has 2 aromatic rings. The molecule has 6 heteroatoms. The second-order valence-corrected chi connectivity index (χ2v) is 7.15. The van der Waals surface area contributed by atoms with Crippen LogP contribution < -0.4 is 4.90 Å². The molecule has 0 aromatic heterocycles. The van der Waals surface area contributed by atoms with Crippen molar-refractivity contribution in [1.82, 2.24) is 0 Å². The molecule has 0 spiro atoms. The summed E-state index contributed by atoms with van der Waals surface area (Å²) >= 11 is 1.54. The first-order valence-electron chi connectivity index (χ1n) is 8.70. The van der Waals surface area contributed by atoms with Gasteiger partial charge in [0, 0.05) is 5.69 Å². The van der Waals surface area contributed by atoms with Gasteiger partial charge in [0.05, 0.1) is 13.2 Å². The van der Waals surface area contributed by atoms with Crippen molar-refractivity contribution in [3.05, 3.63) is 72.1 Å². The van der Waals surface area contributed by atoms with Gasteiger partial charge in [-0.25, -0.2) is 14.2 Å². The summed E-state index contributed by atoms with van der Waals surface area (Å²) in [6.45, 7) is 2.02. The van der Waals surface area contributed by atoms with E-state index in [-0.39, 0.29) is 11.9 Å². The fraction of sp³-hybridized carbons (Fsp3) is 0.238. The first-order chi connectivity index (χ1) is 13.1. The maximum Gasteiger partial charge on any atom is 0.333 e. The van der Waals surface area contributed by atoms with E-state index in [1.54, 1.807) is 23.9 Å². The minimum absolute atomic E-state index is 0.305. The number of hydrogen-bond donors (Lipinski definition) is 0. The van der Waals surface area contributed by atoms with E-state index in [4.69, 9.17) is 4.74 Å². The second-order valence-electron chi connectivity index (χ2n) is 5.92. The van der Waals surface area contributed by atoms with Crippen LogP contribution >= 0.6 is 11.8 Å². The van der Waals surface area contributed by atoms with Crippen LogP contribution in [0.2, 0.25) is 0 Å². The number of benzene rings is 2. The van der Waals surface area contributed by atoms with Crippen LogP contribution in [0.15, 0.2) is 65.7 Å². The molecular weight excluding hydrogens is 363 g/mol. The Hall–Kier alpha value is -2.60. The number of esters is 1. The van der Waals surface area contributed by atoms with Gasteiger partial charge in [0.15, 0.2) is 11.2 Å². The summed E-state index contributed by atoms with van der Waals surface area (Å²) in [6.07, 6.45) is 3.92. The molecule has 0 saturated carbocycles. The van der Waals surface area contributed by atoms with E-state index < -0.39 is 12.0 Å². The number of anilines is 1. The van der Waals surface area contributed by atoms with Gasteiger partial charge in [-0.1, -0.05) is 61.2 Å². The number of carbonyl (C=O) groups is 1. The van der Waals surface area contributed by atoms with Crippen LogP contribution in [0.5, 0.6) is 0 Å². The van der Waals surface area contributed by atoms with Crippen molar-refractivity contribution in [1.29, 1.82) is 0 Å².